The molecule has 0 spiro atoms. The topological polar surface area (TPSA) is 59.2 Å². The van der Waals surface area contributed by atoms with Crippen LogP contribution in [0.25, 0.3) is 11.5 Å². The van der Waals surface area contributed by atoms with Gasteiger partial charge in [0.15, 0.2) is 5.82 Å². The van der Waals surface area contributed by atoms with Gasteiger partial charge in [-0.2, -0.15) is 4.98 Å². The molecule has 2 heterocycles. The lowest BCUT2D eigenvalue weighted by molar-refractivity contribution is -0.117. The van der Waals surface area contributed by atoms with Gasteiger partial charge in [0.1, 0.15) is 5.82 Å². The van der Waals surface area contributed by atoms with Crippen LogP contribution in [0.3, 0.4) is 0 Å². The average Bonchev–Trinajstić information content (AvgIpc) is 3.25. The molecule has 1 aromatic heterocycles. The molecule has 26 heavy (non-hydrogen) atoms. The highest BCUT2D eigenvalue weighted by atomic mass is 35.5. The van der Waals surface area contributed by atoms with Crippen molar-refractivity contribution in [2.24, 2.45) is 0 Å². The number of anilines is 1. The number of carbonyl (C=O) groups excluding carboxylic acids is 1. The fourth-order valence-corrected chi connectivity index (χ4v) is 3.28. The molecule has 4 rings (SSSR count). The molecule has 0 radical (unpaired) electrons. The maximum absolute atomic E-state index is 13.0. The van der Waals surface area contributed by atoms with Crippen molar-refractivity contribution < 1.29 is 13.7 Å². The first-order chi connectivity index (χ1) is 12.5. The van der Waals surface area contributed by atoms with E-state index >= 15 is 0 Å². The van der Waals surface area contributed by atoms with Gasteiger partial charge in [0, 0.05) is 35.2 Å². The van der Waals surface area contributed by atoms with E-state index in [0.29, 0.717) is 35.3 Å². The Morgan fingerprint density at radius 3 is 2.77 bits per heavy atom. The van der Waals surface area contributed by atoms with E-state index in [9.17, 15) is 9.18 Å². The number of amides is 1. The number of aromatic nitrogens is 2. The molecule has 7 heteroatoms. The third-order valence-corrected chi connectivity index (χ3v) is 4.96. The summed E-state index contributed by atoms with van der Waals surface area (Å²) in [4.78, 5) is 18.6. The third kappa shape index (κ3) is 2.97. The molecule has 0 bridgehead atoms. The number of hydrogen-bond donors (Lipinski definition) is 0. The Bertz CT molecular complexity index is 971. The molecular formula is C19H15ClFN3O2. The predicted molar refractivity (Wildman–Crippen MR) is 95.6 cm³/mol. The monoisotopic (exact) mass is 371 g/mol. The summed E-state index contributed by atoms with van der Waals surface area (Å²) >= 11 is 6.17. The summed E-state index contributed by atoms with van der Waals surface area (Å²) in [5.74, 6) is 0.277. The van der Waals surface area contributed by atoms with E-state index in [1.54, 1.807) is 23.1 Å². The molecule has 2 aromatic carbocycles. The Labute approximate surface area is 154 Å². The number of halogens is 2. The predicted octanol–water partition coefficient (Wildman–Crippen LogP) is 4.36. The molecule has 1 atom stereocenters. The highest BCUT2D eigenvalue weighted by molar-refractivity contribution is 6.31. The summed E-state index contributed by atoms with van der Waals surface area (Å²) in [5, 5.41) is 4.64. The Hall–Kier alpha value is -2.73. The molecule has 132 valence electrons. The minimum Gasteiger partial charge on any atom is -0.334 e. The summed E-state index contributed by atoms with van der Waals surface area (Å²) in [6.07, 6.45) is 0.300. The van der Waals surface area contributed by atoms with Crippen molar-refractivity contribution in [1.82, 2.24) is 10.1 Å². The van der Waals surface area contributed by atoms with Crippen molar-refractivity contribution in [3.63, 3.8) is 0 Å². The third-order valence-electron chi connectivity index (χ3n) is 4.55. The largest absolute Gasteiger partial charge is 0.334 e. The van der Waals surface area contributed by atoms with Crippen molar-refractivity contribution in [1.29, 1.82) is 0 Å². The summed E-state index contributed by atoms with van der Waals surface area (Å²) in [7, 11) is 0. The van der Waals surface area contributed by atoms with Gasteiger partial charge in [-0.25, -0.2) is 4.39 Å². The summed E-state index contributed by atoms with van der Waals surface area (Å²) in [5.41, 5.74) is 2.30. The zero-order valence-corrected chi connectivity index (χ0v) is 14.7. The SMILES string of the molecule is Cc1c(Cl)cccc1N1CC(c2noc(-c3ccc(F)cc3)n2)CC1=O. The van der Waals surface area contributed by atoms with Crippen molar-refractivity contribution in [3.05, 3.63) is 64.7 Å². The smallest absolute Gasteiger partial charge is 0.257 e. The normalized spacial score (nSPS) is 17.1. The van der Waals surface area contributed by atoms with Gasteiger partial charge in [0.2, 0.25) is 5.91 Å². The molecule has 5 nitrogen and oxygen atoms in total. The summed E-state index contributed by atoms with van der Waals surface area (Å²) in [6.45, 7) is 2.35. The van der Waals surface area contributed by atoms with Crippen LogP contribution < -0.4 is 4.90 Å². The molecule has 0 aliphatic carbocycles. The molecule has 1 saturated heterocycles. The second-order valence-electron chi connectivity index (χ2n) is 6.25. The van der Waals surface area contributed by atoms with Crippen LogP contribution >= 0.6 is 11.6 Å². The zero-order chi connectivity index (χ0) is 18.3. The van der Waals surface area contributed by atoms with Gasteiger partial charge in [0.25, 0.3) is 5.89 Å². The molecule has 3 aromatic rings. The van der Waals surface area contributed by atoms with Gasteiger partial charge in [-0.15, -0.1) is 0 Å². The number of carbonyl (C=O) groups is 1. The molecular weight excluding hydrogens is 357 g/mol. The quantitative estimate of drug-likeness (QED) is 0.686. The van der Waals surface area contributed by atoms with Crippen LogP contribution in [0.4, 0.5) is 10.1 Å². The van der Waals surface area contributed by atoms with E-state index in [0.717, 1.165) is 11.3 Å². The maximum atomic E-state index is 13.0. The molecule has 1 fully saturated rings. The van der Waals surface area contributed by atoms with Crippen LogP contribution in [-0.2, 0) is 4.79 Å². The van der Waals surface area contributed by atoms with Crippen molar-refractivity contribution in [2.75, 3.05) is 11.4 Å². The Kier molecular flexibility index (Phi) is 4.20. The first kappa shape index (κ1) is 16.7. The van der Waals surface area contributed by atoms with Crippen molar-refractivity contribution in [3.8, 4) is 11.5 Å². The van der Waals surface area contributed by atoms with E-state index < -0.39 is 0 Å². The van der Waals surface area contributed by atoms with Crippen molar-refractivity contribution in [2.45, 2.75) is 19.3 Å². The average molecular weight is 372 g/mol. The first-order valence-corrected chi connectivity index (χ1v) is 8.56. The fourth-order valence-electron chi connectivity index (χ4n) is 3.11. The highest BCUT2D eigenvalue weighted by Gasteiger charge is 2.35. The van der Waals surface area contributed by atoms with Crippen LogP contribution in [0.15, 0.2) is 47.0 Å². The van der Waals surface area contributed by atoms with Crippen LogP contribution in [-0.4, -0.2) is 22.6 Å². The van der Waals surface area contributed by atoms with E-state index in [-0.39, 0.29) is 17.6 Å². The lowest BCUT2D eigenvalue weighted by Crippen LogP contribution is -2.25. The molecule has 0 saturated carbocycles. The molecule has 1 aliphatic heterocycles. The van der Waals surface area contributed by atoms with Crippen LogP contribution in [0.2, 0.25) is 5.02 Å². The number of rotatable bonds is 3. The first-order valence-electron chi connectivity index (χ1n) is 8.18. The maximum Gasteiger partial charge on any atom is 0.257 e. The Morgan fingerprint density at radius 1 is 1.23 bits per heavy atom. The second-order valence-corrected chi connectivity index (χ2v) is 6.66. The number of nitrogens with zero attached hydrogens (tertiary/aromatic N) is 3. The fraction of sp³-hybridized carbons (Fsp3) is 0.211. The zero-order valence-electron chi connectivity index (χ0n) is 13.9. The lowest BCUT2D eigenvalue weighted by Gasteiger charge is -2.19. The minimum atomic E-state index is -0.331. The van der Waals surface area contributed by atoms with E-state index in [2.05, 4.69) is 10.1 Å². The van der Waals surface area contributed by atoms with Crippen molar-refractivity contribution >= 4 is 23.2 Å². The number of hydrogen-bond acceptors (Lipinski definition) is 4. The van der Waals surface area contributed by atoms with E-state index in [1.807, 2.05) is 19.1 Å². The van der Waals surface area contributed by atoms with Gasteiger partial charge >= 0.3 is 0 Å². The van der Waals surface area contributed by atoms with Gasteiger partial charge in [-0.1, -0.05) is 22.8 Å². The molecule has 1 amide bonds. The molecule has 1 aliphatic rings. The van der Waals surface area contributed by atoms with Crippen LogP contribution in [0.1, 0.15) is 23.7 Å². The van der Waals surface area contributed by atoms with E-state index in [4.69, 9.17) is 16.1 Å². The van der Waals surface area contributed by atoms with Gasteiger partial charge in [-0.05, 0) is 48.9 Å². The standard InChI is InChI=1S/C19H15ClFN3O2/c1-11-15(20)3-2-4-16(11)24-10-13(9-17(24)25)18-22-19(26-23-18)12-5-7-14(21)8-6-12/h2-8,13H,9-10H2,1H3. The van der Waals surface area contributed by atoms with Gasteiger partial charge in [0.05, 0.1) is 0 Å². The highest BCUT2D eigenvalue weighted by Crippen LogP contribution is 2.34. The van der Waals surface area contributed by atoms with Crippen LogP contribution in [0.5, 0.6) is 0 Å². The lowest BCUT2D eigenvalue weighted by atomic mass is 10.1. The van der Waals surface area contributed by atoms with E-state index in [1.165, 1.54) is 12.1 Å². The summed E-state index contributed by atoms with van der Waals surface area (Å²) < 4.78 is 18.3. The summed E-state index contributed by atoms with van der Waals surface area (Å²) in [6, 6.07) is 11.3. The molecule has 1 unspecified atom stereocenters. The number of benzene rings is 2. The second kappa shape index (κ2) is 6.53. The minimum absolute atomic E-state index is 0.00602. The Morgan fingerprint density at radius 2 is 2.00 bits per heavy atom. The van der Waals surface area contributed by atoms with Gasteiger partial charge < -0.3 is 9.42 Å². The van der Waals surface area contributed by atoms with Crippen LogP contribution in [0, 0.1) is 12.7 Å². The van der Waals surface area contributed by atoms with Gasteiger partial charge in [-0.3, -0.25) is 4.79 Å². The molecule has 0 N–H and O–H groups in total. The Balaban J connectivity index is 1.58.